The summed E-state index contributed by atoms with van der Waals surface area (Å²) in [6, 6.07) is 3.65. The highest BCUT2D eigenvalue weighted by molar-refractivity contribution is 9.09. The van der Waals surface area contributed by atoms with Crippen molar-refractivity contribution in [1.29, 1.82) is 0 Å². The summed E-state index contributed by atoms with van der Waals surface area (Å²) in [6.07, 6.45) is 4.45. The van der Waals surface area contributed by atoms with Gasteiger partial charge in [-0.05, 0) is 36.8 Å². The molecular formula is C16H20BrF2NO. The monoisotopic (exact) mass is 359 g/mol. The molecule has 0 spiro atoms. The van der Waals surface area contributed by atoms with E-state index >= 15 is 0 Å². The van der Waals surface area contributed by atoms with Crippen molar-refractivity contribution in [3.8, 4) is 0 Å². The lowest BCUT2D eigenvalue weighted by Crippen LogP contribution is -2.35. The normalized spacial score (nSPS) is 22.0. The van der Waals surface area contributed by atoms with E-state index in [0.717, 1.165) is 11.8 Å². The molecule has 0 heterocycles. The number of amides is 1. The number of halogens is 3. The van der Waals surface area contributed by atoms with Gasteiger partial charge in [-0.15, -0.1) is 0 Å². The minimum absolute atomic E-state index is 0.157. The fourth-order valence-electron chi connectivity index (χ4n) is 2.93. The Morgan fingerprint density at radius 2 is 1.81 bits per heavy atom. The predicted octanol–water partition coefficient (Wildman–Crippen LogP) is 3.82. The third-order valence-electron chi connectivity index (χ3n) is 4.23. The molecular weight excluding hydrogens is 340 g/mol. The van der Waals surface area contributed by atoms with Crippen molar-refractivity contribution in [1.82, 2.24) is 5.32 Å². The summed E-state index contributed by atoms with van der Waals surface area (Å²) in [4.78, 5) is 11.9. The van der Waals surface area contributed by atoms with E-state index in [1.807, 2.05) is 0 Å². The average Bonchev–Trinajstić information content (AvgIpc) is 2.49. The van der Waals surface area contributed by atoms with Crippen LogP contribution in [-0.4, -0.2) is 17.8 Å². The van der Waals surface area contributed by atoms with Crippen LogP contribution in [0.5, 0.6) is 0 Å². The van der Waals surface area contributed by atoms with E-state index in [1.54, 1.807) is 0 Å². The number of nitrogens with one attached hydrogen (secondary N) is 1. The highest BCUT2D eigenvalue weighted by atomic mass is 79.9. The summed E-state index contributed by atoms with van der Waals surface area (Å²) in [5.41, 5.74) is -0.157. The van der Waals surface area contributed by atoms with Crippen LogP contribution in [0.3, 0.4) is 0 Å². The first-order valence-electron chi connectivity index (χ1n) is 7.37. The molecule has 0 radical (unpaired) electrons. The fourth-order valence-corrected chi connectivity index (χ4v) is 3.78. The molecule has 1 amide bonds. The summed E-state index contributed by atoms with van der Waals surface area (Å²) < 4.78 is 27.0. The van der Waals surface area contributed by atoms with Gasteiger partial charge in [0, 0.05) is 17.4 Å². The number of rotatable bonds is 5. The molecule has 1 aromatic carbocycles. The maximum Gasteiger partial charge on any atom is 0.224 e. The second kappa shape index (κ2) is 7.87. The van der Waals surface area contributed by atoms with Crippen LogP contribution in [0.1, 0.15) is 31.2 Å². The van der Waals surface area contributed by atoms with Gasteiger partial charge >= 0.3 is 0 Å². The lowest BCUT2D eigenvalue weighted by molar-refractivity contribution is -0.120. The van der Waals surface area contributed by atoms with Crippen molar-refractivity contribution in [2.45, 2.75) is 32.1 Å². The summed E-state index contributed by atoms with van der Waals surface area (Å²) >= 11 is 3.52. The van der Waals surface area contributed by atoms with E-state index in [1.165, 1.54) is 37.5 Å². The standard InChI is InChI=1S/C16H20BrF2NO/c17-9-11-4-1-2-5-12(11)10-20-16(21)8-13-14(18)6-3-7-15(13)19/h3,6-7,11-12H,1-2,4-5,8-10H2,(H,20,21). The number of hydrogen-bond donors (Lipinski definition) is 1. The van der Waals surface area contributed by atoms with Crippen molar-refractivity contribution in [2.24, 2.45) is 11.8 Å². The van der Waals surface area contributed by atoms with E-state index in [-0.39, 0.29) is 17.9 Å². The van der Waals surface area contributed by atoms with Gasteiger partial charge in [-0.3, -0.25) is 4.79 Å². The highest BCUT2D eigenvalue weighted by Crippen LogP contribution is 2.30. The Hall–Kier alpha value is -0.970. The Morgan fingerprint density at radius 1 is 1.19 bits per heavy atom. The molecule has 2 unspecified atom stereocenters. The van der Waals surface area contributed by atoms with Crippen LogP contribution in [-0.2, 0) is 11.2 Å². The molecule has 1 aromatic rings. The van der Waals surface area contributed by atoms with Gasteiger partial charge in [0.05, 0.1) is 6.42 Å². The lowest BCUT2D eigenvalue weighted by atomic mass is 9.80. The third-order valence-corrected chi connectivity index (χ3v) is 5.06. The van der Waals surface area contributed by atoms with Gasteiger partial charge in [-0.2, -0.15) is 0 Å². The predicted molar refractivity (Wildman–Crippen MR) is 82.3 cm³/mol. The van der Waals surface area contributed by atoms with Crippen LogP contribution in [0.15, 0.2) is 18.2 Å². The fraction of sp³-hybridized carbons (Fsp3) is 0.562. The molecule has 1 aliphatic carbocycles. The first-order valence-corrected chi connectivity index (χ1v) is 8.49. The molecule has 0 saturated heterocycles. The van der Waals surface area contributed by atoms with Crippen LogP contribution >= 0.6 is 15.9 Å². The summed E-state index contributed by atoms with van der Waals surface area (Å²) in [5, 5.41) is 3.77. The molecule has 116 valence electrons. The maximum absolute atomic E-state index is 13.5. The number of carbonyl (C=O) groups excluding carboxylic acids is 1. The number of alkyl halides is 1. The minimum atomic E-state index is -0.666. The minimum Gasteiger partial charge on any atom is -0.356 e. The van der Waals surface area contributed by atoms with Gasteiger partial charge in [0.2, 0.25) is 5.91 Å². The van der Waals surface area contributed by atoms with Crippen LogP contribution in [0.25, 0.3) is 0 Å². The molecule has 1 aliphatic rings. The Balaban J connectivity index is 1.87. The van der Waals surface area contributed by atoms with E-state index in [9.17, 15) is 13.6 Å². The second-order valence-corrected chi connectivity index (χ2v) is 6.29. The van der Waals surface area contributed by atoms with E-state index in [4.69, 9.17) is 0 Å². The molecule has 2 rings (SSSR count). The van der Waals surface area contributed by atoms with Gasteiger partial charge in [-0.25, -0.2) is 8.78 Å². The topological polar surface area (TPSA) is 29.1 Å². The zero-order valence-corrected chi connectivity index (χ0v) is 13.5. The van der Waals surface area contributed by atoms with Crippen molar-refractivity contribution >= 4 is 21.8 Å². The molecule has 0 aromatic heterocycles. The second-order valence-electron chi connectivity index (χ2n) is 5.64. The van der Waals surface area contributed by atoms with E-state index in [0.29, 0.717) is 18.4 Å². The Kier molecular flexibility index (Phi) is 6.15. The van der Waals surface area contributed by atoms with Crippen molar-refractivity contribution in [3.05, 3.63) is 35.4 Å². The smallest absolute Gasteiger partial charge is 0.224 e. The highest BCUT2D eigenvalue weighted by Gasteiger charge is 2.24. The van der Waals surface area contributed by atoms with Crippen LogP contribution in [0.2, 0.25) is 0 Å². The molecule has 1 fully saturated rings. The quantitative estimate of drug-likeness (QED) is 0.795. The first-order chi connectivity index (χ1) is 10.1. The Bertz CT molecular complexity index is 475. The van der Waals surface area contributed by atoms with Gasteiger partial charge in [0.25, 0.3) is 0 Å². The van der Waals surface area contributed by atoms with Crippen LogP contribution in [0.4, 0.5) is 8.78 Å². The Labute approximate surface area is 132 Å². The van der Waals surface area contributed by atoms with Crippen molar-refractivity contribution in [2.75, 3.05) is 11.9 Å². The molecule has 21 heavy (non-hydrogen) atoms. The molecule has 2 nitrogen and oxygen atoms in total. The first kappa shape index (κ1) is 16.4. The maximum atomic E-state index is 13.5. The molecule has 1 N–H and O–H groups in total. The largest absolute Gasteiger partial charge is 0.356 e. The molecule has 0 bridgehead atoms. The summed E-state index contributed by atoms with van der Waals surface area (Å²) in [6.45, 7) is 0.588. The van der Waals surface area contributed by atoms with Gasteiger partial charge < -0.3 is 5.32 Å². The number of benzene rings is 1. The molecule has 2 atom stereocenters. The van der Waals surface area contributed by atoms with Gasteiger partial charge in [0.15, 0.2) is 0 Å². The van der Waals surface area contributed by atoms with Gasteiger partial charge in [-0.1, -0.05) is 34.8 Å². The van der Waals surface area contributed by atoms with Gasteiger partial charge in [0.1, 0.15) is 11.6 Å². The van der Waals surface area contributed by atoms with E-state index in [2.05, 4.69) is 21.2 Å². The third kappa shape index (κ3) is 4.50. The van der Waals surface area contributed by atoms with Crippen LogP contribution < -0.4 is 5.32 Å². The number of carbonyl (C=O) groups is 1. The SMILES string of the molecule is O=C(Cc1c(F)cccc1F)NCC1CCCCC1CBr. The molecule has 0 aliphatic heterocycles. The summed E-state index contributed by atoms with van der Waals surface area (Å²) in [7, 11) is 0. The molecule has 1 saturated carbocycles. The summed E-state index contributed by atoms with van der Waals surface area (Å²) in [5.74, 6) is -0.628. The number of hydrogen-bond acceptors (Lipinski definition) is 1. The Morgan fingerprint density at radius 3 is 2.43 bits per heavy atom. The average molecular weight is 360 g/mol. The lowest BCUT2D eigenvalue weighted by Gasteiger charge is -2.30. The zero-order chi connectivity index (χ0) is 15.2. The zero-order valence-electron chi connectivity index (χ0n) is 11.9. The van der Waals surface area contributed by atoms with Crippen molar-refractivity contribution in [3.63, 3.8) is 0 Å². The van der Waals surface area contributed by atoms with Crippen LogP contribution in [0, 0.1) is 23.5 Å². The molecule has 5 heteroatoms. The van der Waals surface area contributed by atoms with E-state index < -0.39 is 11.6 Å². The van der Waals surface area contributed by atoms with Crippen molar-refractivity contribution < 1.29 is 13.6 Å².